The SMILES string of the molecule is Cn1cnc(-c2nc(=S)nc(N)[nH]2)c1. The van der Waals surface area contributed by atoms with Crippen molar-refractivity contribution in [3.63, 3.8) is 0 Å². The summed E-state index contributed by atoms with van der Waals surface area (Å²) in [6, 6.07) is 0. The molecule has 0 unspecified atom stereocenters. The Morgan fingerprint density at radius 3 is 2.86 bits per heavy atom. The Morgan fingerprint density at radius 1 is 1.50 bits per heavy atom. The van der Waals surface area contributed by atoms with Crippen LogP contribution in [0.15, 0.2) is 12.5 Å². The van der Waals surface area contributed by atoms with Crippen LogP contribution in [0.25, 0.3) is 11.5 Å². The van der Waals surface area contributed by atoms with Gasteiger partial charge in [0.15, 0.2) is 5.82 Å². The first-order valence-electron chi connectivity index (χ1n) is 3.87. The second kappa shape index (κ2) is 3.18. The lowest BCUT2D eigenvalue weighted by Gasteiger charge is -1.97. The fourth-order valence-electron chi connectivity index (χ4n) is 1.06. The number of hydrogen-bond donors (Lipinski definition) is 2. The lowest BCUT2D eigenvalue weighted by Crippen LogP contribution is -1.99. The third kappa shape index (κ3) is 1.62. The van der Waals surface area contributed by atoms with Gasteiger partial charge < -0.3 is 15.3 Å². The summed E-state index contributed by atoms with van der Waals surface area (Å²) in [5.74, 6) is 0.772. The number of aryl methyl sites for hydroxylation is 1. The van der Waals surface area contributed by atoms with E-state index in [1.807, 2.05) is 17.8 Å². The molecular weight excluding hydrogens is 200 g/mol. The Kier molecular flexibility index (Phi) is 2.01. The number of aromatic amines is 1. The van der Waals surface area contributed by atoms with E-state index in [4.69, 9.17) is 18.0 Å². The second-order valence-corrected chi connectivity index (χ2v) is 3.15. The maximum atomic E-state index is 5.50. The smallest absolute Gasteiger partial charge is 0.224 e. The Morgan fingerprint density at radius 2 is 2.29 bits per heavy atom. The minimum Gasteiger partial charge on any atom is -0.369 e. The van der Waals surface area contributed by atoms with Crippen molar-refractivity contribution in [2.45, 2.75) is 0 Å². The van der Waals surface area contributed by atoms with Crippen LogP contribution in [0.1, 0.15) is 0 Å². The molecule has 0 bridgehead atoms. The molecule has 0 aliphatic carbocycles. The number of rotatable bonds is 1. The molecule has 3 N–H and O–H groups in total. The monoisotopic (exact) mass is 208 g/mol. The van der Waals surface area contributed by atoms with Gasteiger partial charge in [-0.05, 0) is 12.2 Å². The van der Waals surface area contributed by atoms with Crippen LogP contribution >= 0.6 is 12.2 Å². The maximum Gasteiger partial charge on any atom is 0.224 e. The Bertz CT molecular complexity index is 513. The van der Waals surface area contributed by atoms with Gasteiger partial charge in [0.25, 0.3) is 0 Å². The first-order chi connectivity index (χ1) is 6.65. The molecule has 2 heterocycles. The van der Waals surface area contributed by atoms with Crippen molar-refractivity contribution in [1.29, 1.82) is 0 Å². The van der Waals surface area contributed by atoms with Gasteiger partial charge in [0.2, 0.25) is 10.7 Å². The van der Waals surface area contributed by atoms with E-state index in [1.54, 1.807) is 6.33 Å². The van der Waals surface area contributed by atoms with Crippen molar-refractivity contribution < 1.29 is 0 Å². The lowest BCUT2D eigenvalue weighted by molar-refractivity contribution is 0.913. The van der Waals surface area contributed by atoms with Gasteiger partial charge in [0.1, 0.15) is 5.69 Å². The molecule has 7 heteroatoms. The predicted octanol–water partition coefficient (Wildman–Crippen LogP) is 0.517. The first-order valence-corrected chi connectivity index (χ1v) is 4.28. The first kappa shape index (κ1) is 8.82. The largest absolute Gasteiger partial charge is 0.369 e. The maximum absolute atomic E-state index is 5.50. The molecule has 0 fully saturated rings. The van der Waals surface area contributed by atoms with Crippen LogP contribution < -0.4 is 5.73 Å². The minimum absolute atomic E-state index is 0.210. The van der Waals surface area contributed by atoms with Crippen molar-refractivity contribution in [2.24, 2.45) is 7.05 Å². The predicted molar refractivity (Wildman–Crippen MR) is 53.8 cm³/mol. The fraction of sp³-hybridized carbons (Fsp3) is 0.143. The molecule has 72 valence electrons. The average Bonchev–Trinajstić information content (AvgIpc) is 2.50. The molecule has 0 radical (unpaired) electrons. The third-order valence-corrected chi connectivity index (χ3v) is 1.80. The van der Waals surface area contributed by atoms with E-state index < -0.39 is 0 Å². The summed E-state index contributed by atoms with van der Waals surface area (Å²) in [6.07, 6.45) is 3.48. The minimum atomic E-state index is 0.210. The molecule has 2 rings (SSSR count). The number of anilines is 1. The van der Waals surface area contributed by atoms with E-state index in [9.17, 15) is 0 Å². The number of aromatic nitrogens is 5. The van der Waals surface area contributed by atoms with Crippen LogP contribution in [0.3, 0.4) is 0 Å². The molecule has 14 heavy (non-hydrogen) atoms. The van der Waals surface area contributed by atoms with Crippen LogP contribution in [-0.2, 0) is 7.05 Å². The van der Waals surface area contributed by atoms with Crippen molar-refractivity contribution in [3.05, 3.63) is 17.3 Å². The number of nitrogens with two attached hydrogens (primary N) is 1. The van der Waals surface area contributed by atoms with Crippen LogP contribution in [0.5, 0.6) is 0 Å². The highest BCUT2D eigenvalue weighted by Crippen LogP contribution is 2.10. The van der Waals surface area contributed by atoms with Gasteiger partial charge in [0.05, 0.1) is 6.33 Å². The van der Waals surface area contributed by atoms with E-state index in [1.165, 1.54) is 0 Å². The van der Waals surface area contributed by atoms with Gasteiger partial charge in [-0.25, -0.2) is 4.98 Å². The molecule has 0 aromatic carbocycles. The Hall–Kier alpha value is -1.76. The Labute approximate surface area is 84.8 Å². The highest BCUT2D eigenvalue weighted by molar-refractivity contribution is 7.71. The van der Waals surface area contributed by atoms with Crippen molar-refractivity contribution in [2.75, 3.05) is 5.73 Å². The number of H-pyrrole nitrogens is 1. The van der Waals surface area contributed by atoms with Crippen LogP contribution in [0.4, 0.5) is 5.95 Å². The third-order valence-electron chi connectivity index (χ3n) is 1.62. The summed E-state index contributed by atoms with van der Waals surface area (Å²) in [5, 5.41) is 0. The topological polar surface area (TPSA) is 85.4 Å². The van der Waals surface area contributed by atoms with Gasteiger partial charge in [-0.1, -0.05) is 0 Å². The van der Waals surface area contributed by atoms with Crippen molar-refractivity contribution in [1.82, 2.24) is 24.5 Å². The highest BCUT2D eigenvalue weighted by Gasteiger charge is 2.03. The average molecular weight is 208 g/mol. The quantitative estimate of drug-likeness (QED) is 0.667. The molecule has 2 aromatic rings. The number of nitrogens with zero attached hydrogens (tertiary/aromatic N) is 4. The van der Waals surface area contributed by atoms with E-state index in [2.05, 4.69) is 19.9 Å². The van der Waals surface area contributed by atoms with Crippen molar-refractivity contribution in [3.8, 4) is 11.5 Å². The summed E-state index contributed by atoms with van der Waals surface area (Å²) in [7, 11) is 1.87. The van der Waals surface area contributed by atoms with Crippen LogP contribution in [0.2, 0.25) is 0 Å². The van der Waals surface area contributed by atoms with Gasteiger partial charge in [0, 0.05) is 13.2 Å². The van der Waals surface area contributed by atoms with Gasteiger partial charge in [-0.3, -0.25) is 0 Å². The number of nitrogen functional groups attached to an aromatic ring is 1. The number of nitrogens with one attached hydrogen (secondary N) is 1. The molecule has 0 aliphatic rings. The number of hydrogen-bond acceptors (Lipinski definition) is 5. The normalized spacial score (nSPS) is 10.4. The zero-order chi connectivity index (χ0) is 10.1. The molecule has 0 amide bonds. The summed E-state index contributed by atoms with van der Waals surface area (Å²) >= 11 is 4.84. The molecule has 2 aromatic heterocycles. The second-order valence-electron chi connectivity index (χ2n) is 2.79. The standard InChI is InChI=1S/C7H8N6S/c1-13-2-4(9-3-13)5-10-6(8)12-7(14)11-5/h2-3H,1H3,(H3,8,10,11,12,14). The zero-order valence-electron chi connectivity index (χ0n) is 7.43. The number of imidazole rings is 1. The highest BCUT2D eigenvalue weighted by atomic mass is 32.1. The van der Waals surface area contributed by atoms with E-state index in [0.717, 1.165) is 0 Å². The van der Waals surface area contributed by atoms with Crippen LogP contribution in [0, 0.1) is 4.77 Å². The van der Waals surface area contributed by atoms with Crippen molar-refractivity contribution >= 4 is 18.2 Å². The summed E-state index contributed by atoms with van der Waals surface area (Å²) in [4.78, 5) is 14.7. The Balaban J connectivity index is 2.56. The van der Waals surface area contributed by atoms with E-state index in [-0.39, 0.29) is 10.7 Å². The molecule has 0 saturated heterocycles. The van der Waals surface area contributed by atoms with Gasteiger partial charge in [-0.2, -0.15) is 9.97 Å². The molecule has 0 spiro atoms. The fourth-order valence-corrected chi connectivity index (χ4v) is 1.25. The summed E-state index contributed by atoms with van der Waals surface area (Å²) in [5.41, 5.74) is 6.18. The van der Waals surface area contributed by atoms with Crippen LogP contribution in [-0.4, -0.2) is 24.5 Å². The zero-order valence-corrected chi connectivity index (χ0v) is 8.25. The van der Waals surface area contributed by atoms with Gasteiger partial charge >= 0.3 is 0 Å². The summed E-state index contributed by atoms with van der Waals surface area (Å²) < 4.78 is 2.02. The molecule has 0 aliphatic heterocycles. The molecule has 0 atom stereocenters. The summed E-state index contributed by atoms with van der Waals surface area (Å²) in [6.45, 7) is 0. The van der Waals surface area contributed by atoms with E-state index >= 15 is 0 Å². The molecule has 6 nitrogen and oxygen atoms in total. The lowest BCUT2D eigenvalue weighted by atomic mass is 10.4. The van der Waals surface area contributed by atoms with Gasteiger partial charge in [-0.15, -0.1) is 0 Å². The molecular formula is C7H8N6S. The molecule has 0 saturated carbocycles. The van der Waals surface area contributed by atoms with E-state index in [0.29, 0.717) is 11.5 Å².